The van der Waals surface area contributed by atoms with Crippen LogP contribution < -0.4 is 21.3 Å². The number of amides is 5. The van der Waals surface area contributed by atoms with Crippen LogP contribution in [0.25, 0.3) is 0 Å². The van der Waals surface area contributed by atoms with Crippen molar-refractivity contribution in [2.45, 2.75) is 64.4 Å². The number of rotatable bonds is 19. The van der Waals surface area contributed by atoms with Crippen LogP contribution in [0.1, 0.15) is 43.4 Å². The third-order valence-electron chi connectivity index (χ3n) is 7.89. The molecule has 278 valence electrons. The third-order valence-corrected chi connectivity index (χ3v) is 7.89. The number of aromatic hydroxyl groups is 1. The molecule has 0 aliphatic carbocycles. The molecule has 7 N–H and O–H groups in total. The van der Waals surface area contributed by atoms with Gasteiger partial charge in [-0.2, -0.15) is 0 Å². The molecule has 0 aromatic heterocycles. The molecule has 15 nitrogen and oxygen atoms in total. The summed E-state index contributed by atoms with van der Waals surface area (Å²) in [5.41, 5.74) is 2.08. The van der Waals surface area contributed by atoms with Gasteiger partial charge in [-0.05, 0) is 41.2 Å². The van der Waals surface area contributed by atoms with Crippen LogP contribution in [-0.4, -0.2) is 87.3 Å². The summed E-state index contributed by atoms with van der Waals surface area (Å²) in [6.45, 7) is 3.22. The normalized spacial score (nSPS) is 12.4. The lowest BCUT2D eigenvalue weighted by atomic mass is 10.00. The Morgan fingerprint density at radius 3 is 1.96 bits per heavy atom. The van der Waals surface area contributed by atoms with Gasteiger partial charge in [-0.1, -0.05) is 86.6 Å². The molecule has 3 rings (SSSR count). The van der Waals surface area contributed by atoms with Gasteiger partial charge in [0.15, 0.2) is 0 Å². The first-order valence-electron chi connectivity index (χ1n) is 16.7. The predicted molar refractivity (Wildman–Crippen MR) is 189 cm³/mol. The smallest absolute Gasteiger partial charge is 0.407 e. The van der Waals surface area contributed by atoms with E-state index in [-0.39, 0.29) is 44.8 Å². The fourth-order valence-corrected chi connectivity index (χ4v) is 5.16. The minimum absolute atomic E-state index is 0.00715. The number of benzene rings is 3. The molecule has 0 spiro atoms. The van der Waals surface area contributed by atoms with Gasteiger partial charge in [-0.25, -0.2) is 14.4 Å². The molecular weight excluding hydrogens is 674 g/mol. The first kappa shape index (κ1) is 40.3. The molecule has 0 aliphatic rings. The predicted octanol–water partition coefficient (Wildman–Crippen LogP) is 3.02. The van der Waals surface area contributed by atoms with Crippen LogP contribution in [0.4, 0.5) is 9.59 Å². The number of urea groups is 1. The van der Waals surface area contributed by atoms with Crippen molar-refractivity contribution in [3.8, 4) is 5.75 Å². The summed E-state index contributed by atoms with van der Waals surface area (Å²) in [5.74, 6) is -5.21. The van der Waals surface area contributed by atoms with Crippen molar-refractivity contribution in [3.05, 3.63) is 102 Å². The molecule has 0 saturated heterocycles. The molecule has 0 heterocycles. The van der Waals surface area contributed by atoms with E-state index in [2.05, 4.69) is 21.3 Å². The Morgan fingerprint density at radius 1 is 0.769 bits per heavy atom. The minimum Gasteiger partial charge on any atom is -0.508 e. The van der Waals surface area contributed by atoms with Crippen LogP contribution in [0.3, 0.4) is 0 Å². The monoisotopic (exact) mass is 719 g/mol. The Hall–Kier alpha value is -6.12. The molecule has 3 aromatic carbocycles. The first-order valence-corrected chi connectivity index (χ1v) is 16.7. The van der Waals surface area contributed by atoms with E-state index in [0.717, 1.165) is 16.0 Å². The second-order valence-corrected chi connectivity index (χ2v) is 12.3. The van der Waals surface area contributed by atoms with Gasteiger partial charge in [-0.3, -0.25) is 14.4 Å². The Balaban J connectivity index is 1.79. The molecule has 0 fully saturated rings. The molecule has 0 unspecified atom stereocenters. The number of alkyl carbamates (subject to hydrolysis) is 1. The first-order chi connectivity index (χ1) is 24.8. The Kier molecular flexibility index (Phi) is 15.9. The SMILES string of the molecule is CC(C)[C@@H](NC(=O)NCc1ccccc1)C(=O)N[C@H](Cc1ccc(O)cc1)C(=O)N(CCCNC(=O)OCc1ccccc1)[C@H](CC(=O)O)C(=O)O. The Bertz CT molecular complexity index is 1640. The zero-order chi connectivity index (χ0) is 38.0. The summed E-state index contributed by atoms with van der Waals surface area (Å²) >= 11 is 0. The van der Waals surface area contributed by atoms with E-state index in [1.54, 1.807) is 38.1 Å². The zero-order valence-corrected chi connectivity index (χ0v) is 29.0. The highest BCUT2D eigenvalue weighted by Crippen LogP contribution is 2.16. The summed E-state index contributed by atoms with van der Waals surface area (Å²) in [6.07, 6.45) is -1.85. The maximum atomic E-state index is 14.2. The topological polar surface area (TPSA) is 224 Å². The van der Waals surface area contributed by atoms with Gasteiger partial charge in [0.2, 0.25) is 11.8 Å². The van der Waals surface area contributed by atoms with Crippen LogP contribution >= 0.6 is 0 Å². The van der Waals surface area contributed by atoms with Crippen LogP contribution in [0, 0.1) is 5.92 Å². The van der Waals surface area contributed by atoms with Crippen LogP contribution in [0.2, 0.25) is 0 Å². The summed E-state index contributed by atoms with van der Waals surface area (Å²) in [4.78, 5) is 77.9. The highest BCUT2D eigenvalue weighted by atomic mass is 16.5. The molecule has 52 heavy (non-hydrogen) atoms. The molecule has 0 aliphatic heterocycles. The highest BCUT2D eigenvalue weighted by Gasteiger charge is 2.37. The molecule has 0 saturated carbocycles. The minimum atomic E-state index is -1.82. The zero-order valence-electron chi connectivity index (χ0n) is 29.0. The van der Waals surface area contributed by atoms with Gasteiger partial charge in [0.1, 0.15) is 30.5 Å². The number of carboxylic acids is 2. The number of carbonyl (C=O) groups excluding carboxylic acids is 4. The molecular formula is C37H45N5O10. The number of carbonyl (C=O) groups is 6. The molecule has 3 atom stereocenters. The number of nitrogens with zero attached hydrogens (tertiary/aromatic N) is 1. The van der Waals surface area contributed by atoms with Crippen molar-refractivity contribution in [1.82, 2.24) is 26.2 Å². The van der Waals surface area contributed by atoms with E-state index in [1.807, 2.05) is 36.4 Å². The lowest BCUT2D eigenvalue weighted by Gasteiger charge is -2.33. The molecule has 15 heteroatoms. The Morgan fingerprint density at radius 2 is 1.38 bits per heavy atom. The number of ether oxygens (including phenoxy) is 1. The molecule has 5 amide bonds. The van der Waals surface area contributed by atoms with Gasteiger partial charge >= 0.3 is 24.1 Å². The van der Waals surface area contributed by atoms with Crippen molar-refractivity contribution in [1.29, 1.82) is 0 Å². The van der Waals surface area contributed by atoms with Crippen molar-refractivity contribution in [3.63, 3.8) is 0 Å². The number of phenolic OH excluding ortho intramolecular Hbond substituents is 1. The summed E-state index contributed by atoms with van der Waals surface area (Å²) in [6, 6.07) is 18.8. The van der Waals surface area contributed by atoms with Gasteiger partial charge < -0.3 is 46.2 Å². The fourth-order valence-electron chi connectivity index (χ4n) is 5.16. The number of phenols is 1. The number of hydrogen-bond acceptors (Lipinski definition) is 8. The average molecular weight is 720 g/mol. The molecule has 0 radical (unpaired) electrons. The molecule has 0 bridgehead atoms. The number of carboxylic acid groups (broad SMARTS) is 2. The van der Waals surface area contributed by atoms with E-state index in [1.165, 1.54) is 24.3 Å². The second-order valence-electron chi connectivity index (χ2n) is 12.3. The number of hydrogen-bond donors (Lipinski definition) is 7. The average Bonchev–Trinajstić information content (AvgIpc) is 3.12. The van der Waals surface area contributed by atoms with Crippen molar-refractivity contribution < 1.29 is 48.8 Å². The maximum Gasteiger partial charge on any atom is 0.407 e. The van der Waals surface area contributed by atoms with Crippen molar-refractivity contribution in [2.24, 2.45) is 5.92 Å². The summed E-state index contributed by atoms with van der Waals surface area (Å²) in [7, 11) is 0. The van der Waals surface area contributed by atoms with Gasteiger partial charge in [0.05, 0.1) is 6.42 Å². The van der Waals surface area contributed by atoms with E-state index in [0.29, 0.717) is 5.56 Å². The van der Waals surface area contributed by atoms with E-state index >= 15 is 0 Å². The van der Waals surface area contributed by atoms with Gasteiger partial charge in [0, 0.05) is 26.1 Å². The number of aliphatic carboxylic acids is 2. The second kappa shape index (κ2) is 20.5. The van der Waals surface area contributed by atoms with Crippen molar-refractivity contribution in [2.75, 3.05) is 13.1 Å². The lowest BCUT2D eigenvalue weighted by Crippen LogP contribution is -2.59. The molecule has 3 aromatic rings. The van der Waals surface area contributed by atoms with E-state index < -0.39 is 66.3 Å². The summed E-state index contributed by atoms with van der Waals surface area (Å²) < 4.78 is 5.18. The van der Waals surface area contributed by atoms with Crippen LogP contribution in [0.15, 0.2) is 84.9 Å². The number of nitrogens with one attached hydrogen (secondary N) is 4. The third kappa shape index (κ3) is 13.7. The fraction of sp³-hybridized carbons (Fsp3) is 0.351. The van der Waals surface area contributed by atoms with Crippen LogP contribution in [-0.2, 0) is 43.5 Å². The van der Waals surface area contributed by atoms with E-state index in [4.69, 9.17) is 4.74 Å². The maximum absolute atomic E-state index is 14.2. The summed E-state index contributed by atoms with van der Waals surface area (Å²) in [5, 5.41) is 39.8. The highest BCUT2D eigenvalue weighted by molar-refractivity contribution is 5.94. The Labute approximate surface area is 301 Å². The van der Waals surface area contributed by atoms with Gasteiger partial charge in [-0.15, -0.1) is 0 Å². The van der Waals surface area contributed by atoms with Crippen molar-refractivity contribution >= 4 is 35.9 Å². The largest absolute Gasteiger partial charge is 0.508 e. The quantitative estimate of drug-likeness (QED) is 0.0897. The van der Waals surface area contributed by atoms with Gasteiger partial charge in [0.25, 0.3) is 0 Å². The lowest BCUT2D eigenvalue weighted by molar-refractivity contribution is -0.155. The standard InChI is InChI=1S/C37H45N5O10/c1-24(2)32(41-36(50)39-22-26-10-5-3-6-11-26)33(46)40-29(20-25-14-16-28(43)17-15-25)34(47)42(30(35(48)49)21-31(44)45)19-9-18-38-37(51)52-23-27-12-7-4-8-13-27/h3-8,10-17,24,29-30,32,43H,9,18-23H2,1-2H3,(H,38,51)(H,40,46)(H,44,45)(H,48,49)(H2,39,41,50)/t29-,30-,32-/m1/s1. The van der Waals surface area contributed by atoms with E-state index in [9.17, 15) is 44.1 Å². The van der Waals surface area contributed by atoms with Crippen LogP contribution in [0.5, 0.6) is 5.75 Å².